The number of amides is 3. The summed E-state index contributed by atoms with van der Waals surface area (Å²) in [6, 6.07) is 13.9. The molecule has 0 aliphatic carbocycles. The summed E-state index contributed by atoms with van der Waals surface area (Å²) in [5, 5.41) is 28.8. The zero-order chi connectivity index (χ0) is 36.1. The van der Waals surface area contributed by atoms with Crippen molar-refractivity contribution in [3.63, 3.8) is 0 Å². The summed E-state index contributed by atoms with van der Waals surface area (Å²) in [6.45, 7) is 12.3. The lowest BCUT2D eigenvalue weighted by molar-refractivity contribution is -0.0449. The van der Waals surface area contributed by atoms with Crippen molar-refractivity contribution in [2.45, 2.75) is 83.9 Å². The second kappa shape index (κ2) is 14.8. The number of anilines is 2. The van der Waals surface area contributed by atoms with Gasteiger partial charge >= 0.3 is 18.3 Å². The van der Waals surface area contributed by atoms with Crippen molar-refractivity contribution in [1.29, 1.82) is 0 Å². The number of nitrogens with one attached hydrogen (secondary N) is 3. The van der Waals surface area contributed by atoms with Crippen LogP contribution in [0.25, 0.3) is 0 Å². The molecule has 0 spiro atoms. The van der Waals surface area contributed by atoms with Crippen LogP contribution < -0.4 is 16.0 Å². The van der Waals surface area contributed by atoms with Crippen molar-refractivity contribution in [3.8, 4) is 0 Å². The van der Waals surface area contributed by atoms with E-state index in [-0.39, 0.29) is 11.5 Å². The van der Waals surface area contributed by atoms with Gasteiger partial charge in [-0.05, 0) is 75.9 Å². The van der Waals surface area contributed by atoms with Crippen LogP contribution in [0.15, 0.2) is 53.4 Å². The summed E-state index contributed by atoms with van der Waals surface area (Å²) in [7, 11) is -3.33. The lowest BCUT2D eigenvalue weighted by Gasteiger charge is -2.55. The normalized spacial score (nSPS) is 13.2. The molecule has 0 fully saturated rings. The van der Waals surface area contributed by atoms with E-state index in [4.69, 9.17) is 4.74 Å². The van der Waals surface area contributed by atoms with Gasteiger partial charge in [0.1, 0.15) is 0 Å². The van der Waals surface area contributed by atoms with E-state index in [1.165, 1.54) is 11.3 Å². The maximum Gasteiger partial charge on any atom is 0.413 e. The molecule has 0 radical (unpaired) electrons. The lowest BCUT2D eigenvalue weighted by atomic mass is 9.82. The van der Waals surface area contributed by atoms with Crippen molar-refractivity contribution >= 4 is 50.3 Å². The molecule has 5 N–H and O–H groups in total. The molecule has 0 aliphatic heterocycles. The van der Waals surface area contributed by atoms with Crippen molar-refractivity contribution in [2.24, 2.45) is 5.41 Å². The quantitative estimate of drug-likeness (QED) is 0.128. The van der Waals surface area contributed by atoms with E-state index in [1.54, 1.807) is 84.9 Å². The van der Waals surface area contributed by atoms with Gasteiger partial charge in [0.2, 0.25) is 5.79 Å². The summed E-state index contributed by atoms with van der Waals surface area (Å²) in [4.78, 5) is 43.6. The molecule has 1 aromatic heterocycles. The number of thiazole rings is 1. The Morgan fingerprint density at radius 1 is 0.917 bits per heavy atom. The molecule has 0 aliphatic rings. The molecular weight excluding hydrogens is 659 g/mol. The topological polar surface area (TPSA) is 187 Å². The third-order valence-corrected chi connectivity index (χ3v) is 9.62. The molecule has 3 aromatic rings. The molecule has 0 saturated heterocycles. The number of carboxylic acid groups (broad SMARTS) is 2. The number of sulfone groups is 1. The van der Waals surface area contributed by atoms with Crippen LogP contribution in [-0.2, 0) is 33.8 Å². The second-order valence-electron chi connectivity index (χ2n) is 13.3. The highest BCUT2D eigenvalue weighted by Gasteiger charge is 2.54. The summed E-state index contributed by atoms with van der Waals surface area (Å²) >= 11 is 1.32. The van der Waals surface area contributed by atoms with Gasteiger partial charge in [-0.25, -0.2) is 27.8 Å². The molecule has 1 unspecified atom stereocenters. The van der Waals surface area contributed by atoms with Gasteiger partial charge in [0.15, 0.2) is 15.0 Å². The first kappa shape index (κ1) is 38.1. The SMILES string of the molecule is CCOC(=O)Nc1nc(CCc2ccc(NC(NC(=O)O)(N(C(=O)O)C(C)(C)C)C(C)(C)C)cc2)c(Cc2ccc(S(C)(=O)=O)cc2)s1. The van der Waals surface area contributed by atoms with Gasteiger partial charge in [0, 0.05) is 34.2 Å². The smallest absolute Gasteiger partial charge is 0.413 e. The average molecular weight is 704 g/mol. The van der Waals surface area contributed by atoms with Crippen LogP contribution in [-0.4, -0.2) is 71.0 Å². The zero-order valence-electron chi connectivity index (χ0n) is 28.5. The molecule has 15 heteroatoms. The number of hydrogen-bond acceptors (Lipinski definition) is 9. The molecule has 0 bridgehead atoms. The first-order chi connectivity index (χ1) is 22.2. The maximum atomic E-state index is 12.6. The number of nitrogens with zero attached hydrogens (tertiary/aromatic N) is 2. The largest absolute Gasteiger partial charge is 0.465 e. The molecule has 3 rings (SSSR count). The first-order valence-corrected chi connectivity index (χ1v) is 18.0. The average Bonchev–Trinajstić information content (AvgIpc) is 3.30. The standard InChI is InChI=1S/C33H45N5O8S2/c1-9-46-29(41)35-27-34-25(26(47-27)20-22-12-17-24(18-13-22)48(8,44)45)19-14-21-10-15-23(16-11-21)36-33(31(2,3)4,37-28(39)40)38(30(42)43)32(5,6)7/h10-13,15-18,36-37H,9,14,19-20H2,1-8H3,(H,39,40)(H,42,43)(H,34,35,41). The van der Waals surface area contributed by atoms with E-state index in [9.17, 15) is 33.0 Å². The van der Waals surface area contributed by atoms with E-state index in [1.807, 2.05) is 12.1 Å². The van der Waals surface area contributed by atoms with E-state index in [0.29, 0.717) is 30.1 Å². The van der Waals surface area contributed by atoms with Crippen LogP contribution in [0, 0.1) is 5.41 Å². The number of hydrogen-bond donors (Lipinski definition) is 5. The molecule has 262 valence electrons. The number of aryl methyl sites for hydroxylation is 2. The van der Waals surface area contributed by atoms with Crippen LogP contribution in [0.5, 0.6) is 0 Å². The maximum absolute atomic E-state index is 12.6. The highest BCUT2D eigenvalue weighted by Crippen LogP contribution is 2.39. The van der Waals surface area contributed by atoms with Crippen molar-refractivity contribution in [3.05, 3.63) is 70.2 Å². The number of benzene rings is 2. The Labute approximate surface area is 285 Å². The van der Waals surface area contributed by atoms with E-state index >= 15 is 0 Å². The Morgan fingerprint density at radius 3 is 1.98 bits per heavy atom. The van der Waals surface area contributed by atoms with Crippen molar-refractivity contribution in [1.82, 2.24) is 15.2 Å². The van der Waals surface area contributed by atoms with Crippen LogP contribution in [0.3, 0.4) is 0 Å². The number of carbonyl (C=O) groups excluding carboxylic acids is 1. The Bertz CT molecular complexity index is 1710. The monoisotopic (exact) mass is 703 g/mol. The van der Waals surface area contributed by atoms with Crippen LogP contribution in [0.4, 0.5) is 25.2 Å². The van der Waals surface area contributed by atoms with Gasteiger partial charge in [-0.3, -0.25) is 15.5 Å². The van der Waals surface area contributed by atoms with Crippen LogP contribution in [0.1, 0.15) is 70.2 Å². The fourth-order valence-electron chi connectivity index (χ4n) is 5.23. The number of ether oxygens (including phenoxy) is 1. The predicted octanol–water partition coefficient (Wildman–Crippen LogP) is 6.65. The van der Waals surface area contributed by atoms with Gasteiger partial charge in [-0.15, -0.1) is 11.3 Å². The molecule has 3 amide bonds. The molecule has 0 saturated carbocycles. The van der Waals surface area contributed by atoms with Gasteiger partial charge in [-0.2, -0.15) is 0 Å². The van der Waals surface area contributed by atoms with Gasteiger partial charge in [0.05, 0.1) is 17.2 Å². The fraction of sp³-hybridized carbons (Fsp3) is 0.455. The molecular formula is C33H45N5O8S2. The van der Waals surface area contributed by atoms with E-state index in [2.05, 4.69) is 20.9 Å². The fourth-order valence-corrected chi connectivity index (χ4v) is 6.89. The zero-order valence-corrected chi connectivity index (χ0v) is 30.1. The van der Waals surface area contributed by atoms with Gasteiger partial charge < -0.3 is 20.3 Å². The molecule has 1 heterocycles. The summed E-state index contributed by atoms with van der Waals surface area (Å²) < 4.78 is 28.8. The third kappa shape index (κ3) is 9.60. The lowest BCUT2D eigenvalue weighted by Crippen LogP contribution is -2.76. The second-order valence-corrected chi connectivity index (χ2v) is 16.4. The molecule has 2 aromatic carbocycles. The Hall–Kier alpha value is -4.37. The highest BCUT2D eigenvalue weighted by atomic mass is 32.2. The first-order valence-electron chi connectivity index (χ1n) is 15.3. The molecule has 13 nitrogen and oxygen atoms in total. The number of carbonyl (C=O) groups is 3. The summed E-state index contributed by atoms with van der Waals surface area (Å²) in [6.07, 6.45) is -0.559. The van der Waals surface area contributed by atoms with Gasteiger partial charge in [0.25, 0.3) is 0 Å². The highest BCUT2D eigenvalue weighted by molar-refractivity contribution is 7.90. The predicted molar refractivity (Wildman–Crippen MR) is 186 cm³/mol. The van der Waals surface area contributed by atoms with Crippen LogP contribution in [0.2, 0.25) is 0 Å². The van der Waals surface area contributed by atoms with Crippen molar-refractivity contribution in [2.75, 3.05) is 23.5 Å². The number of rotatable bonds is 12. The summed E-state index contributed by atoms with van der Waals surface area (Å²) in [5.41, 5.74) is 1.18. The Kier molecular flexibility index (Phi) is 11.7. The van der Waals surface area contributed by atoms with E-state index in [0.717, 1.165) is 32.9 Å². The van der Waals surface area contributed by atoms with E-state index < -0.39 is 44.9 Å². The molecule has 48 heavy (non-hydrogen) atoms. The summed E-state index contributed by atoms with van der Waals surface area (Å²) in [5.74, 6) is -1.73. The Morgan fingerprint density at radius 2 is 1.50 bits per heavy atom. The van der Waals surface area contributed by atoms with Crippen molar-refractivity contribution < 1.29 is 37.8 Å². The minimum absolute atomic E-state index is 0.211. The third-order valence-electron chi connectivity index (χ3n) is 7.48. The minimum atomic E-state index is -3.33. The number of aromatic nitrogens is 1. The van der Waals surface area contributed by atoms with Gasteiger partial charge in [-0.1, -0.05) is 45.0 Å². The Balaban J connectivity index is 1.89. The minimum Gasteiger partial charge on any atom is -0.465 e. The van der Waals surface area contributed by atoms with Crippen LogP contribution >= 0.6 is 11.3 Å². The molecule has 1 atom stereocenters.